The van der Waals surface area contributed by atoms with Gasteiger partial charge in [-0.3, -0.25) is 0 Å². The molecule has 0 saturated carbocycles. The summed E-state index contributed by atoms with van der Waals surface area (Å²) >= 11 is 0. The normalized spacial score (nSPS) is 9.60. The van der Waals surface area contributed by atoms with Crippen molar-refractivity contribution >= 4 is 0 Å². The lowest BCUT2D eigenvalue weighted by Gasteiger charge is -2.01. The first-order valence-corrected chi connectivity index (χ1v) is 4.73. The molecule has 2 heteroatoms. The Morgan fingerprint density at radius 2 is 1.67 bits per heavy atom. The molecule has 0 saturated heterocycles. The van der Waals surface area contributed by atoms with Crippen LogP contribution in [0, 0.1) is 18.3 Å². The number of hydrogen-bond donors (Lipinski definition) is 0. The zero-order valence-corrected chi connectivity index (χ0v) is 8.44. The van der Waals surface area contributed by atoms with Crippen LogP contribution in [0.1, 0.15) is 11.3 Å². The minimum absolute atomic E-state index is 0.450. The molecule has 2 rings (SSSR count). The number of aryl methyl sites for hydroxylation is 1. The first-order valence-electron chi connectivity index (χ1n) is 4.73. The van der Waals surface area contributed by atoms with Gasteiger partial charge in [0.25, 0.3) is 0 Å². The monoisotopic (exact) mass is 194 g/mol. The van der Waals surface area contributed by atoms with Crippen LogP contribution in [-0.4, -0.2) is 4.98 Å². The highest BCUT2D eigenvalue weighted by Crippen LogP contribution is 2.18. The first kappa shape index (κ1) is 9.42. The molecule has 1 heterocycles. The number of hydrogen-bond acceptors (Lipinski definition) is 2. The van der Waals surface area contributed by atoms with Gasteiger partial charge in [-0.15, -0.1) is 0 Å². The van der Waals surface area contributed by atoms with Gasteiger partial charge in [0.1, 0.15) is 11.8 Å². The molecular weight excluding hydrogens is 184 g/mol. The molecule has 0 unspecified atom stereocenters. The number of rotatable bonds is 1. The molecule has 0 fully saturated rings. The van der Waals surface area contributed by atoms with Crippen molar-refractivity contribution in [2.24, 2.45) is 0 Å². The average Bonchev–Trinajstić information content (AvgIpc) is 2.30. The van der Waals surface area contributed by atoms with Crippen LogP contribution in [0.5, 0.6) is 0 Å². The van der Waals surface area contributed by atoms with Crippen LogP contribution >= 0.6 is 0 Å². The van der Waals surface area contributed by atoms with E-state index in [2.05, 4.69) is 36.2 Å². The number of aromatic nitrogens is 1. The molecule has 2 aromatic rings. The Bertz CT molecular complexity index is 490. The van der Waals surface area contributed by atoms with Gasteiger partial charge >= 0.3 is 0 Å². The SMILES string of the molecule is Cc1ccc(-c2ccc(C#N)nc2)cc1. The standard InChI is InChI=1S/C13H10N2/c1-10-2-4-11(5-3-10)12-6-7-13(8-14)15-9-12/h2-7,9H,1H3. The lowest BCUT2D eigenvalue weighted by atomic mass is 10.1. The zero-order chi connectivity index (χ0) is 10.7. The van der Waals surface area contributed by atoms with Crippen molar-refractivity contribution in [3.05, 3.63) is 53.9 Å². The van der Waals surface area contributed by atoms with Crippen molar-refractivity contribution < 1.29 is 0 Å². The number of nitrogens with zero attached hydrogens (tertiary/aromatic N) is 2. The molecule has 1 aromatic heterocycles. The van der Waals surface area contributed by atoms with Crippen LogP contribution in [0.3, 0.4) is 0 Å². The van der Waals surface area contributed by atoms with E-state index in [4.69, 9.17) is 5.26 Å². The molecule has 0 radical (unpaired) electrons. The second kappa shape index (κ2) is 3.93. The lowest BCUT2D eigenvalue weighted by molar-refractivity contribution is 1.26. The van der Waals surface area contributed by atoms with Crippen molar-refractivity contribution in [3.8, 4) is 17.2 Å². The fourth-order valence-corrected chi connectivity index (χ4v) is 1.38. The van der Waals surface area contributed by atoms with E-state index in [0.29, 0.717) is 5.69 Å². The van der Waals surface area contributed by atoms with Gasteiger partial charge in [-0.2, -0.15) is 5.26 Å². The van der Waals surface area contributed by atoms with Crippen molar-refractivity contribution in [1.82, 2.24) is 4.98 Å². The third kappa shape index (κ3) is 2.03. The third-order valence-electron chi connectivity index (χ3n) is 2.26. The maximum absolute atomic E-state index is 8.62. The summed E-state index contributed by atoms with van der Waals surface area (Å²) in [6, 6.07) is 13.9. The topological polar surface area (TPSA) is 36.7 Å². The van der Waals surface area contributed by atoms with Crippen molar-refractivity contribution in [1.29, 1.82) is 5.26 Å². The van der Waals surface area contributed by atoms with Gasteiger partial charge in [0.2, 0.25) is 0 Å². The van der Waals surface area contributed by atoms with E-state index in [1.54, 1.807) is 12.3 Å². The molecular formula is C13H10N2. The predicted molar refractivity (Wildman–Crippen MR) is 59.1 cm³/mol. The summed E-state index contributed by atoms with van der Waals surface area (Å²) in [4.78, 5) is 4.03. The minimum atomic E-state index is 0.450. The Labute approximate surface area is 88.8 Å². The maximum Gasteiger partial charge on any atom is 0.140 e. The van der Waals surface area contributed by atoms with E-state index in [1.807, 2.05) is 12.1 Å². The highest BCUT2D eigenvalue weighted by atomic mass is 14.7. The predicted octanol–water partition coefficient (Wildman–Crippen LogP) is 2.93. The zero-order valence-electron chi connectivity index (χ0n) is 8.44. The second-order valence-corrected chi connectivity index (χ2v) is 3.41. The van der Waals surface area contributed by atoms with Crippen LogP contribution < -0.4 is 0 Å². The molecule has 0 spiro atoms. The van der Waals surface area contributed by atoms with Crippen LogP contribution in [-0.2, 0) is 0 Å². The second-order valence-electron chi connectivity index (χ2n) is 3.41. The molecule has 0 amide bonds. The molecule has 1 aromatic carbocycles. The maximum atomic E-state index is 8.62. The number of pyridine rings is 1. The number of benzene rings is 1. The summed E-state index contributed by atoms with van der Waals surface area (Å²) < 4.78 is 0. The molecule has 2 nitrogen and oxygen atoms in total. The van der Waals surface area contributed by atoms with E-state index >= 15 is 0 Å². The molecule has 0 N–H and O–H groups in total. The fourth-order valence-electron chi connectivity index (χ4n) is 1.38. The molecule has 0 aliphatic rings. The summed E-state index contributed by atoms with van der Waals surface area (Å²) in [6.07, 6.45) is 1.73. The van der Waals surface area contributed by atoms with Crippen LogP contribution in [0.25, 0.3) is 11.1 Å². The minimum Gasteiger partial charge on any atom is -0.245 e. The van der Waals surface area contributed by atoms with Crippen molar-refractivity contribution in [2.75, 3.05) is 0 Å². The molecule has 0 atom stereocenters. The Hall–Kier alpha value is -2.14. The Morgan fingerprint density at radius 3 is 2.20 bits per heavy atom. The molecule has 0 aliphatic heterocycles. The summed E-state index contributed by atoms with van der Waals surface area (Å²) in [5.41, 5.74) is 3.85. The van der Waals surface area contributed by atoms with Crippen LogP contribution in [0.2, 0.25) is 0 Å². The summed E-state index contributed by atoms with van der Waals surface area (Å²) in [6.45, 7) is 2.06. The van der Waals surface area contributed by atoms with E-state index in [1.165, 1.54) is 5.56 Å². The Morgan fingerprint density at radius 1 is 1.00 bits per heavy atom. The highest BCUT2D eigenvalue weighted by molar-refractivity contribution is 5.62. The summed E-state index contributed by atoms with van der Waals surface area (Å²) in [5.74, 6) is 0. The van der Waals surface area contributed by atoms with Crippen molar-refractivity contribution in [2.45, 2.75) is 6.92 Å². The van der Waals surface area contributed by atoms with Gasteiger partial charge in [-0.05, 0) is 24.6 Å². The van der Waals surface area contributed by atoms with Gasteiger partial charge in [0, 0.05) is 11.8 Å². The van der Waals surface area contributed by atoms with Crippen LogP contribution in [0.4, 0.5) is 0 Å². The largest absolute Gasteiger partial charge is 0.245 e. The highest BCUT2D eigenvalue weighted by Gasteiger charge is 1.97. The summed E-state index contributed by atoms with van der Waals surface area (Å²) in [5, 5.41) is 8.62. The molecule has 15 heavy (non-hydrogen) atoms. The van der Waals surface area contributed by atoms with Gasteiger partial charge in [-0.1, -0.05) is 29.8 Å². The molecule has 72 valence electrons. The average molecular weight is 194 g/mol. The van der Waals surface area contributed by atoms with E-state index in [9.17, 15) is 0 Å². The van der Waals surface area contributed by atoms with E-state index in [-0.39, 0.29) is 0 Å². The van der Waals surface area contributed by atoms with E-state index < -0.39 is 0 Å². The first-order chi connectivity index (χ1) is 7.29. The van der Waals surface area contributed by atoms with Gasteiger partial charge < -0.3 is 0 Å². The lowest BCUT2D eigenvalue weighted by Crippen LogP contribution is -1.83. The quantitative estimate of drug-likeness (QED) is 0.699. The van der Waals surface area contributed by atoms with E-state index in [0.717, 1.165) is 11.1 Å². The smallest absolute Gasteiger partial charge is 0.140 e. The third-order valence-corrected chi connectivity index (χ3v) is 2.26. The fraction of sp³-hybridized carbons (Fsp3) is 0.0769. The Balaban J connectivity index is 2.38. The van der Waals surface area contributed by atoms with Gasteiger partial charge in [-0.25, -0.2) is 4.98 Å². The Kier molecular flexibility index (Phi) is 2.47. The van der Waals surface area contributed by atoms with Crippen LogP contribution in [0.15, 0.2) is 42.6 Å². The molecule has 0 bridgehead atoms. The van der Waals surface area contributed by atoms with Gasteiger partial charge in [0.05, 0.1) is 0 Å². The van der Waals surface area contributed by atoms with Crippen molar-refractivity contribution in [3.63, 3.8) is 0 Å². The van der Waals surface area contributed by atoms with Gasteiger partial charge in [0.15, 0.2) is 0 Å². The molecule has 0 aliphatic carbocycles. The number of nitriles is 1. The summed E-state index contributed by atoms with van der Waals surface area (Å²) in [7, 11) is 0.